The number of aryl methyl sites for hydroxylation is 1. The molecule has 2 aromatic carbocycles. The molecular formula is C14H11ClN2S. The highest BCUT2D eigenvalue weighted by Crippen LogP contribution is 2.30. The van der Waals surface area contributed by atoms with Crippen molar-refractivity contribution in [3.8, 4) is 0 Å². The van der Waals surface area contributed by atoms with E-state index in [2.05, 4.69) is 29.4 Å². The maximum atomic E-state index is 5.95. The van der Waals surface area contributed by atoms with E-state index < -0.39 is 0 Å². The van der Waals surface area contributed by atoms with Gasteiger partial charge in [-0.05, 0) is 42.8 Å². The van der Waals surface area contributed by atoms with Crippen molar-refractivity contribution in [3.05, 3.63) is 53.1 Å². The lowest BCUT2D eigenvalue weighted by atomic mass is 10.2. The van der Waals surface area contributed by atoms with E-state index in [9.17, 15) is 0 Å². The summed E-state index contributed by atoms with van der Waals surface area (Å²) in [7, 11) is 0. The fourth-order valence-corrected chi connectivity index (χ4v) is 2.83. The van der Waals surface area contributed by atoms with Crippen molar-refractivity contribution in [1.82, 2.24) is 4.98 Å². The smallest absolute Gasteiger partial charge is 0.188 e. The Bertz CT molecular complexity index is 706. The first-order chi connectivity index (χ1) is 8.70. The van der Waals surface area contributed by atoms with Crippen LogP contribution in [0.4, 0.5) is 10.8 Å². The number of hydrogen-bond acceptors (Lipinski definition) is 3. The Balaban J connectivity index is 1.95. The quantitative estimate of drug-likeness (QED) is 0.711. The highest BCUT2D eigenvalue weighted by Gasteiger charge is 2.04. The first kappa shape index (κ1) is 11.5. The van der Waals surface area contributed by atoms with Crippen molar-refractivity contribution in [1.29, 1.82) is 0 Å². The first-order valence-electron chi connectivity index (χ1n) is 5.60. The third kappa shape index (κ3) is 2.33. The maximum absolute atomic E-state index is 5.95. The van der Waals surface area contributed by atoms with Crippen LogP contribution in [0.3, 0.4) is 0 Å². The molecule has 0 spiro atoms. The lowest BCUT2D eigenvalue weighted by molar-refractivity contribution is 1.41. The number of nitrogens with one attached hydrogen (secondary N) is 1. The first-order valence-corrected chi connectivity index (χ1v) is 6.80. The predicted molar refractivity (Wildman–Crippen MR) is 79.1 cm³/mol. The molecule has 1 N–H and O–H groups in total. The Kier molecular flexibility index (Phi) is 2.94. The molecule has 0 aliphatic carbocycles. The molecule has 0 atom stereocenters. The number of hydrogen-bond donors (Lipinski definition) is 1. The van der Waals surface area contributed by atoms with E-state index in [0.717, 1.165) is 26.1 Å². The number of fused-ring (bicyclic) bond motifs is 1. The van der Waals surface area contributed by atoms with Crippen LogP contribution >= 0.6 is 22.9 Å². The molecule has 4 heteroatoms. The Morgan fingerprint density at radius 2 is 2.06 bits per heavy atom. The molecule has 0 fully saturated rings. The van der Waals surface area contributed by atoms with Gasteiger partial charge in [0.25, 0.3) is 0 Å². The SMILES string of the molecule is Cc1cccc(Nc2nc3cc(Cl)ccc3s2)c1. The number of halogens is 1. The summed E-state index contributed by atoms with van der Waals surface area (Å²) in [6.45, 7) is 2.07. The minimum atomic E-state index is 0.718. The lowest BCUT2D eigenvalue weighted by Gasteiger charge is -2.02. The molecule has 0 amide bonds. The van der Waals surface area contributed by atoms with Crippen LogP contribution in [0.15, 0.2) is 42.5 Å². The van der Waals surface area contributed by atoms with Crippen molar-refractivity contribution < 1.29 is 0 Å². The van der Waals surface area contributed by atoms with Gasteiger partial charge in [0.1, 0.15) is 0 Å². The lowest BCUT2D eigenvalue weighted by Crippen LogP contribution is -1.88. The van der Waals surface area contributed by atoms with Crippen LogP contribution in [-0.2, 0) is 0 Å². The molecule has 0 radical (unpaired) electrons. The Morgan fingerprint density at radius 1 is 1.17 bits per heavy atom. The van der Waals surface area contributed by atoms with Gasteiger partial charge in [0.2, 0.25) is 0 Å². The summed E-state index contributed by atoms with van der Waals surface area (Å²) in [6, 6.07) is 14.0. The molecule has 0 unspecified atom stereocenters. The fourth-order valence-electron chi connectivity index (χ4n) is 1.80. The van der Waals surface area contributed by atoms with Gasteiger partial charge < -0.3 is 5.32 Å². The van der Waals surface area contributed by atoms with Crippen molar-refractivity contribution >= 4 is 44.0 Å². The highest BCUT2D eigenvalue weighted by molar-refractivity contribution is 7.22. The molecule has 0 saturated carbocycles. The van der Waals surface area contributed by atoms with Crippen LogP contribution in [0.2, 0.25) is 5.02 Å². The van der Waals surface area contributed by atoms with Gasteiger partial charge in [0.15, 0.2) is 5.13 Å². The predicted octanol–water partition coefficient (Wildman–Crippen LogP) is 5.00. The van der Waals surface area contributed by atoms with E-state index in [1.54, 1.807) is 11.3 Å². The van der Waals surface area contributed by atoms with E-state index in [1.165, 1.54) is 5.56 Å². The average molecular weight is 275 g/mol. The Hall–Kier alpha value is -1.58. The van der Waals surface area contributed by atoms with Crippen molar-refractivity contribution in [3.63, 3.8) is 0 Å². The van der Waals surface area contributed by atoms with Gasteiger partial charge in [-0.25, -0.2) is 4.98 Å². The maximum Gasteiger partial charge on any atom is 0.188 e. The molecular weight excluding hydrogens is 264 g/mol. The van der Waals surface area contributed by atoms with Gasteiger partial charge in [0, 0.05) is 10.7 Å². The molecule has 3 aromatic rings. The zero-order valence-electron chi connectivity index (χ0n) is 9.77. The molecule has 0 saturated heterocycles. The van der Waals surface area contributed by atoms with Crippen LogP contribution in [0, 0.1) is 6.92 Å². The molecule has 90 valence electrons. The van der Waals surface area contributed by atoms with E-state index in [0.29, 0.717) is 0 Å². The summed E-state index contributed by atoms with van der Waals surface area (Å²) < 4.78 is 1.13. The molecule has 0 aliphatic rings. The van der Waals surface area contributed by atoms with E-state index in [1.807, 2.05) is 30.3 Å². The molecule has 18 heavy (non-hydrogen) atoms. The summed E-state index contributed by atoms with van der Waals surface area (Å²) in [4.78, 5) is 4.52. The van der Waals surface area contributed by atoms with Gasteiger partial charge in [-0.15, -0.1) is 0 Å². The zero-order valence-corrected chi connectivity index (χ0v) is 11.3. The number of nitrogens with zero attached hydrogens (tertiary/aromatic N) is 1. The Labute approximate surface area is 114 Å². The van der Waals surface area contributed by atoms with Crippen molar-refractivity contribution in [2.24, 2.45) is 0 Å². The van der Waals surface area contributed by atoms with Gasteiger partial charge in [-0.1, -0.05) is 35.1 Å². The average Bonchev–Trinajstić information content (AvgIpc) is 2.70. The third-order valence-corrected chi connectivity index (χ3v) is 3.81. The second-order valence-corrected chi connectivity index (χ2v) is 5.59. The monoisotopic (exact) mass is 274 g/mol. The molecule has 3 rings (SSSR count). The van der Waals surface area contributed by atoms with Crippen molar-refractivity contribution in [2.45, 2.75) is 6.92 Å². The van der Waals surface area contributed by atoms with Crippen LogP contribution in [0.5, 0.6) is 0 Å². The third-order valence-electron chi connectivity index (χ3n) is 2.62. The summed E-state index contributed by atoms with van der Waals surface area (Å²) in [5.74, 6) is 0. The number of aromatic nitrogens is 1. The Morgan fingerprint density at radius 3 is 2.89 bits per heavy atom. The van der Waals surface area contributed by atoms with E-state index in [4.69, 9.17) is 11.6 Å². The van der Waals surface area contributed by atoms with Crippen LogP contribution in [0.1, 0.15) is 5.56 Å². The summed E-state index contributed by atoms with van der Waals surface area (Å²) in [5.41, 5.74) is 3.21. The fraction of sp³-hybridized carbons (Fsp3) is 0.0714. The molecule has 0 bridgehead atoms. The standard InChI is InChI=1S/C14H11ClN2S/c1-9-3-2-4-11(7-9)16-14-17-12-8-10(15)5-6-13(12)18-14/h2-8H,1H3,(H,16,17). The van der Waals surface area contributed by atoms with Crippen LogP contribution < -0.4 is 5.32 Å². The van der Waals surface area contributed by atoms with Crippen LogP contribution in [-0.4, -0.2) is 4.98 Å². The van der Waals surface area contributed by atoms with Gasteiger partial charge >= 0.3 is 0 Å². The highest BCUT2D eigenvalue weighted by atomic mass is 35.5. The van der Waals surface area contributed by atoms with Crippen molar-refractivity contribution in [2.75, 3.05) is 5.32 Å². The van der Waals surface area contributed by atoms with E-state index >= 15 is 0 Å². The normalized spacial score (nSPS) is 10.8. The number of benzene rings is 2. The van der Waals surface area contributed by atoms with Gasteiger partial charge in [0.05, 0.1) is 10.2 Å². The minimum Gasteiger partial charge on any atom is -0.332 e. The van der Waals surface area contributed by atoms with Gasteiger partial charge in [-0.3, -0.25) is 0 Å². The molecule has 2 nitrogen and oxygen atoms in total. The summed E-state index contributed by atoms with van der Waals surface area (Å²) >= 11 is 7.58. The summed E-state index contributed by atoms with van der Waals surface area (Å²) in [5, 5.41) is 4.92. The minimum absolute atomic E-state index is 0.718. The molecule has 0 aliphatic heterocycles. The molecule has 1 aromatic heterocycles. The largest absolute Gasteiger partial charge is 0.332 e. The summed E-state index contributed by atoms with van der Waals surface area (Å²) in [6.07, 6.45) is 0. The zero-order chi connectivity index (χ0) is 12.5. The van der Waals surface area contributed by atoms with Crippen LogP contribution in [0.25, 0.3) is 10.2 Å². The van der Waals surface area contributed by atoms with Gasteiger partial charge in [-0.2, -0.15) is 0 Å². The second kappa shape index (κ2) is 4.59. The molecule has 1 heterocycles. The van der Waals surface area contributed by atoms with E-state index in [-0.39, 0.29) is 0 Å². The number of thiazole rings is 1. The number of anilines is 2. The number of rotatable bonds is 2. The topological polar surface area (TPSA) is 24.9 Å². The second-order valence-electron chi connectivity index (χ2n) is 4.13.